The van der Waals surface area contributed by atoms with E-state index >= 15 is 0 Å². The molecule has 0 heterocycles. The van der Waals surface area contributed by atoms with Gasteiger partial charge in [-0.05, 0) is 82.1 Å². The van der Waals surface area contributed by atoms with E-state index < -0.39 is 6.10 Å². The van der Waals surface area contributed by atoms with Gasteiger partial charge in [0.1, 0.15) is 0 Å². The van der Waals surface area contributed by atoms with E-state index in [1.165, 1.54) is 12.7 Å². The maximum Gasteiger partial charge on any atom is 0.309 e. The Labute approximate surface area is 147 Å². The van der Waals surface area contributed by atoms with Crippen LogP contribution in [0.5, 0.6) is 0 Å². The van der Waals surface area contributed by atoms with E-state index in [2.05, 4.69) is 32.9 Å². The number of esters is 1. The minimum Gasteiger partial charge on any atom is -0.469 e. The highest BCUT2D eigenvalue weighted by molar-refractivity contribution is 5.74. The molecule has 1 fully saturated rings. The molecule has 0 unspecified atom stereocenters. The summed E-state index contributed by atoms with van der Waals surface area (Å²) >= 11 is 0. The number of methoxy groups -OCH3 is 1. The molecular weight excluding hydrogens is 300 g/mol. The predicted octanol–water partition coefficient (Wildman–Crippen LogP) is 4.66. The molecular formula is C21H34O3. The van der Waals surface area contributed by atoms with E-state index in [9.17, 15) is 9.90 Å². The van der Waals surface area contributed by atoms with Crippen molar-refractivity contribution in [2.24, 2.45) is 23.2 Å². The first kappa shape index (κ1) is 19.2. The van der Waals surface area contributed by atoms with E-state index in [-0.39, 0.29) is 17.3 Å². The van der Waals surface area contributed by atoms with Crippen LogP contribution in [-0.2, 0) is 9.53 Å². The standard InChI is InChI=1S/C21H34O3/c1-14(2)7-6-8-15(3)17-9-10-18(20(23)24-5)21(17)12-11-16(4)19(22)13-21/h7,11,15,17-19,22H,6,8-10,12-13H2,1-5H3/t15-,17-,18-,19+,21+/m1/s1. The summed E-state index contributed by atoms with van der Waals surface area (Å²) in [7, 11) is 1.49. The minimum atomic E-state index is -0.420. The first-order valence-electron chi connectivity index (χ1n) is 9.37. The van der Waals surface area contributed by atoms with Gasteiger partial charge >= 0.3 is 5.97 Å². The van der Waals surface area contributed by atoms with Crippen molar-refractivity contribution in [2.45, 2.75) is 72.3 Å². The lowest BCUT2D eigenvalue weighted by Gasteiger charge is -2.45. The molecule has 5 atom stereocenters. The van der Waals surface area contributed by atoms with Crippen molar-refractivity contribution in [2.75, 3.05) is 7.11 Å². The van der Waals surface area contributed by atoms with Crippen molar-refractivity contribution in [3.8, 4) is 0 Å². The number of aliphatic hydroxyl groups excluding tert-OH is 1. The number of hydrogen-bond donors (Lipinski definition) is 1. The number of aliphatic hydroxyl groups is 1. The predicted molar refractivity (Wildman–Crippen MR) is 97.5 cm³/mol. The number of hydrogen-bond acceptors (Lipinski definition) is 3. The molecule has 2 aliphatic rings. The largest absolute Gasteiger partial charge is 0.469 e. The van der Waals surface area contributed by atoms with Crippen LogP contribution in [0.3, 0.4) is 0 Å². The monoisotopic (exact) mass is 334 g/mol. The Balaban J connectivity index is 2.23. The van der Waals surface area contributed by atoms with Gasteiger partial charge in [-0.3, -0.25) is 4.79 Å². The van der Waals surface area contributed by atoms with Crippen molar-refractivity contribution in [3.63, 3.8) is 0 Å². The van der Waals surface area contributed by atoms with Gasteiger partial charge in [-0.25, -0.2) is 0 Å². The number of ether oxygens (including phenoxy) is 1. The molecule has 3 heteroatoms. The fourth-order valence-corrected chi connectivity index (χ4v) is 5.04. The third-order valence-corrected chi connectivity index (χ3v) is 6.45. The fourth-order valence-electron chi connectivity index (χ4n) is 5.04. The molecule has 0 aromatic heterocycles. The van der Waals surface area contributed by atoms with E-state index in [4.69, 9.17) is 4.74 Å². The number of rotatable bonds is 5. The van der Waals surface area contributed by atoms with Crippen LogP contribution in [0.1, 0.15) is 66.2 Å². The van der Waals surface area contributed by atoms with E-state index in [1.54, 1.807) is 0 Å². The van der Waals surface area contributed by atoms with Gasteiger partial charge in [0, 0.05) is 0 Å². The average molecular weight is 335 g/mol. The lowest BCUT2D eigenvalue weighted by molar-refractivity contribution is -0.151. The zero-order valence-electron chi connectivity index (χ0n) is 16.0. The normalized spacial score (nSPS) is 33.9. The molecule has 0 radical (unpaired) electrons. The molecule has 136 valence electrons. The summed E-state index contributed by atoms with van der Waals surface area (Å²) in [6, 6.07) is 0. The Morgan fingerprint density at radius 2 is 2.17 bits per heavy atom. The van der Waals surface area contributed by atoms with Gasteiger partial charge in [-0.2, -0.15) is 0 Å². The Bertz CT molecular complexity index is 515. The highest BCUT2D eigenvalue weighted by atomic mass is 16.5. The summed E-state index contributed by atoms with van der Waals surface area (Å²) in [5, 5.41) is 10.5. The first-order valence-corrected chi connectivity index (χ1v) is 9.37. The molecule has 2 rings (SSSR count). The van der Waals surface area contributed by atoms with Crippen LogP contribution >= 0.6 is 0 Å². The van der Waals surface area contributed by atoms with Gasteiger partial charge < -0.3 is 9.84 Å². The van der Waals surface area contributed by atoms with Crippen LogP contribution in [0.25, 0.3) is 0 Å². The minimum absolute atomic E-state index is 0.0718. The van der Waals surface area contributed by atoms with E-state index in [0.717, 1.165) is 37.7 Å². The molecule has 2 aliphatic carbocycles. The molecule has 0 saturated heterocycles. The SMILES string of the molecule is COC(=O)[C@H]1CC[C@H]([C@H](C)CCC=C(C)C)[C@@]12CC=C(C)[C@@H](O)C2. The molecule has 0 amide bonds. The lowest BCUT2D eigenvalue weighted by atomic mass is 9.60. The van der Waals surface area contributed by atoms with E-state index in [0.29, 0.717) is 18.3 Å². The van der Waals surface area contributed by atoms with Crippen LogP contribution < -0.4 is 0 Å². The van der Waals surface area contributed by atoms with Gasteiger partial charge in [0.25, 0.3) is 0 Å². The Hall–Kier alpha value is -1.09. The molecule has 1 N–H and O–H groups in total. The summed E-state index contributed by atoms with van der Waals surface area (Å²) < 4.78 is 5.11. The average Bonchev–Trinajstić information content (AvgIpc) is 2.89. The van der Waals surface area contributed by atoms with Crippen molar-refractivity contribution >= 4 is 5.97 Å². The number of allylic oxidation sites excluding steroid dienone is 3. The van der Waals surface area contributed by atoms with Crippen molar-refractivity contribution < 1.29 is 14.6 Å². The summed E-state index contributed by atoms with van der Waals surface area (Å²) in [5.41, 5.74) is 2.28. The molecule has 0 aliphatic heterocycles. The van der Waals surface area contributed by atoms with Crippen molar-refractivity contribution in [1.82, 2.24) is 0 Å². The number of carbonyl (C=O) groups excluding carboxylic acids is 1. The third-order valence-electron chi connectivity index (χ3n) is 6.45. The summed E-state index contributed by atoms with van der Waals surface area (Å²) in [4.78, 5) is 12.4. The molecule has 24 heavy (non-hydrogen) atoms. The highest BCUT2D eigenvalue weighted by Gasteiger charge is 2.55. The maximum absolute atomic E-state index is 12.4. The smallest absolute Gasteiger partial charge is 0.309 e. The van der Waals surface area contributed by atoms with Gasteiger partial charge in [-0.1, -0.05) is 24.6 Å². The van der Waals surface area contributed by atoms with Crippen LogP contribution in [-0.4, -0.2) is 24.3 Å². The second-order valence-electron chi connectivity index (χ2n) is 8.20. The van der Waals surface area contributed by atoms with Crippen LogP contribution in [0.4, 0.5) is 0 Å². The second kappa shape index (κ2) is 7.86. The van der Waals surface area contributed by atoms with Gasteiger partial charge in [0.05, 0.1) is 19.1 Å². The molecule has 0 aromatic carbocycles. The summed E-state index contributed by atoms with van der Waals surface area (Å²) in [6.45, 7) is 8.59. The Morgan fingerprint density at radius 3 is 2.75 bits per heavy atom. The second-order valence-corrected chi connectivity index (χ2v) is 8.20. The Morgan fingerprint density at radius 1 is 1.46 bits per heavy atom. The van der Waals surface area contributed by atoms with Crippen molar-refractivity contribution in [1.29, 1.82) is 0 Å². The Kier molecular flexibility index (Phi) is 6.30. The number of carbonyl (C=O) groups is 1. The first-order chi connectivity index (χ1) is 11.3. The van der Waals surface area contributed by atoms with Crippen LogP contribution in [0, 0.1) is 23.2 Å². The van der Waals surface area contributed by atoms with Gasteiger partial charge in [-0.15, -0.1) is 0 Å². The van der Waals surface area contributed by atoms with Crippen molar-refractivity contribution in [3.05, 3.63) is 23.3 Å². The third kappa shape index (κ3) is 3.77. The molecule has 1 spiro atoms. The molecule has 3 nitrogen and oxygen atoms in total. The van der Waals surface area contributed by atoms with Crippen LogP contribution in [0.15, 0.2) is 23.3 Å². The topological polar surface area (TPSA) is 46.5 Å². The zero-order chi connectivity index (χ0) is 17.9. The lowest BCUT2D eigenvalue weighted by Crippen LogP contribution is -2.43. The van der Waals surface area contributed by atoms with Crippen LogP contribution in [0.2, 0.25) is 0 Å². The zero-order valence-corrected chi connectivity index (χ0v) is 16.0. The molecule has 0 bridgehead atoms. The molecule has 1 saturated carbocycles. The molecule has 0 aromatic rings. The quantitative estimate of drug-likeness (QED) is 0.588. The van der Waals surface area contributed by atoms with Gasteiger partial charge in [0.15, 0.2) is 0 Å². The summed E-state index contributed by atoms with van der Waals surface area (Å²) in [6.07, 6.45) is 9.83. The fraction of sp³-hybridized carbons (Fsp3) is 0.762. The van der Waals surface area contributed by atoms with E-state index in [1.807, 2.05) is 6.92 Å². The highest BCUT2D eigenvalue weighted by Crippen LogP contribution is 2.59. The summed E-state index contributed by atoms with van der Waals surface area (Å²) in [5.74, 6) is 0.868. The van der Waals surface area contributed by atoms with Gasteiger partial charge in [0.2, 0.25) is 0 Å². The maximum atomic E-state index is 12.4.